The van der Waals surface area contributed by atoms with Crippen LogP contribution in [-0.2, 0) is 42.7 Å². The van der Waals surface area contributed by atoms with Crippen molar-refractivity contribution in [2.24, 2.45) is 5.11 Å². The molecule has 0 radical (unpaired) electrons. The van der Waals surface area contributed by atoms with E-state index in [1.54, 1.807) is 41.5 Å². The number of unbranched alkanes of at least 4 members (excludes halogenated alkanes) is 1. The van der Waals surface area contributed by atoms with Crippen molar-refractivity contribution in [1.29, 1.82) is 0 Å². The predicted octanol–water partition coefficient (Wildman–Crippen LogP) is 4.33. The van der Waals surface area contributed by atoms with Crippen LogP contribution in [0.1, 0.15) is 73.6 Å². The zero-order valence-electron chi connectivity index (χ0n) is 29.3. The van der Waals surface area contributed by atoms with Gasteiger partial charge in [0.1, 0.15) is 11.2 Å². The van der Waals surface area contributed by atoms with Gasteiger partial charge in [-0.2, -0.15) is 0 Å². The number of Topliss-reactive ketones (excluding diaryl/α,β-unsaturated/α-hetero) is 1. The standard InChI is InChI=1S/C31H59N5O11/c1-30(2,3)46-28(38)33-12-8-7-10-26(35-29(39)47-31(4,5)6)27(37)11-9-14-40-16-18-42-20-22-44-24-25-45-23-21-43-19-17-41-15-13-34-36-32/h26H,7-25H2,1-6H3,(H,33,38)(H,35,39)/t26-/m0/s1. The normalized spacial score (nSPS) is 12.2. The van der Waals surface area contributed by atoms with Crippen LogP contribution in [0, 0.1) is 0 Å². The molecule has 16 nitrogen and oxygen atoms in total. The molecule has 2 amide bonds. The minimum atomic E-state index is -0.693. The third kappa shape index (κ3) is 33.0. The fraction of sp³-hybridized carbons (Fsp3) is 0.903. The molecule has 0 aliphatic heterocycles. The Morgan fingerprint density at radius 3 is 1.55 bits per heavy atom. The van der Waals surface area contributed by atoms with E-state index in [4.69, 9.17) is 43.4 Å². The third-order valence-electron chi connectivity index (χ3n) is 5.64. The molecule has 0 aromatic carbocycles. The Hall–Kier alpha value is -2.72. The number of azide groups is 1. The molecule has 2 N–H and O–H groups in total. The Morgan fingerprint density at radius 1 is 0.638 bits per heavy atom. The first-order valence-corrected chi connectivity index (χ1v) is 16.3. The molecule has 0 rings (SSSR count). The Bertz CT molecular complexity index is 875. The van der Waals surface area contributed by atoms with Crippen LogP contribution in [0.3, 0.4) is 0 Å². The summed E-state index contributed by atoms with van der Waals surface area (Å²) in [7, 11) is 0. The molecule has 0 aliphatic carbocycles. The minimum absolute atomic E-state index is 0.102. The number of amides is 2. The van der Waals surface area contributed by atoms with Crippen molar-refractivity contribution in [3.63, 3.8) is 0 Å². The third-order valence-corrected chi connectivity index (χ3v) is 5.64. The van der Waals surface area contributed by atoms with Crippen LogP contribution >= 0.6 is 0 Å². The van der Waals surface area contributed by atoms with E-state index in [0.29, 0.717) is 118 Å². The summed E-state index contributed by atoms with van der Waals surface area (Å²) in [5.74, 6) is -0.102. The van der Waals surface area contributed by atoms with E-state index in [1.807, 2.05) is 0 Å². The molecule has 16 heteroatoms. The second kappa shape index (κ2) is 28.3. The lowest BCUT2D eigenvalue weighted by Gasteiger charge is -2.23. The number of carbonyl (C=O) groups excluding carboxylic acids is 3. The van der Waals surface area contributed by atoms with Crippen LogP contribution in [0.15, 0.2) is 5.11 Å². The van der Waals surface area contributed by atoms with Gasteiger partial charge in [0, 0.05) is 31.0 Å². The van der Waals surface area contributed by atoms with Crippen molar-refractivity contribution in [1.82, 2.24) is 10.6 Å². The maximum atomic E-state index is 12.9. The van der Waals surface area contributed by atoms with Gasteiger partial charge in [-0.1, -0.05) is 5.11 Å². The quantitative estimate of drug-likeness (QED) is 0.0494. The Morgan fingerprint density at radius 2 is 1.09 bits per heavy atom. The summed E-state index contributed by atoms with van der Waals surface area (Å²) in [5, 5.41) is 8.76. The predicted molar refractivity (Wildman–Crippen MR) is 174 cm³/mol. The van der Waals surface area contributed by atoms with Gasteiger partial charge in [-0.25, -0.2) is 9.59 Å². The lowest BCUT2D eigenvalue weighted by atomic mass is 10.0. The largest absolute Gasteiger partial charge is 0.444 e. The smallest absolute Gasteiger partial charge is 0.408 e. The average molecular weight is 678 g/mol. The fourth-order valence-corrected chi connectivity index (χ4v) is 3.62. The summed E-state index contributed by atoms with van der Waals surface area (Å²) >= 11 is 0. The highest BCUT2D eigenvalue weighted by molar-refractivity contribution is 5.87. The first kappa shape index (κ1) is 44.3. The number of hydrogen-bond donors (Lipinski definition) is 2. The van der Waals surface area contributed by atoms with Gasteiger partial charge in [-0.15, -0.1) is 0 Å². The number of nitrogens with zero attached hydrogens (tertiary/aromatic N) is 3. The van der Waals surface area contributed by atoms with E-state index < -0.39 is 29.4 Å². The second-order valence-electron chi connectivity index (χ2n) is 12.3. The first-order chi connectivity index (χ1) is 22.3. The van der Waals surface area contributed by atoms with Gasteiger partial charge in [-0.3, -0.25) is 4.79 Å². The van der Waals surface area contributed by atoms with Gasteiger partial charge in [0.15, 0.2) is 5.78 Å². The monoisotopic (exact) mass is 677 g/mol. The van der Waals surface area contributed by atoms with Gasteiger partial charge >= 0.3 is 12.2 Å². The molecule has 0 aromatic heterocycles. The summed E-state index contributed by atoms with van der Waals surface area (Å²) in [6, 6.07) is -0.693. The van der Waals surface area contributed by atoms with E-state index in [0.717, 1.165) is 0 Å². The highest BCUT2D eigenvalue weighted by atomic mass is 16.6. The SMILES string of the molecule is CC(C)(C)OC(=O)NCCCC[C@H](NC(=O)OC(C)(C)C)C(=O)CCCOCCOCCOCCOCCOCCOCCN=[N+]=[N-]. The highest BCUT2D eigenvalue weighted by Crippen LogP contribution is 2.11. The number of ketones is 1. The molecule has 0 aromatic rings. The van der Waals surface area contributed by atoms with Crippen LogP contribution in [0.25, 0.3) is 10.4 Å². The van der Waals surface area contributed by atoms with Crippen LogP contribution in [-0.4, -0.2) is 128 Å². The molecule has 0 heterocycles. The number of alkyl carbamates (subject to hydrolysis) is 2. The van der Waals surface area contributed by atoms with Crippen molar-refractivity contribution >= 4 is 18.0 Å². The summed E-state index contributed by atoms with van der Waals surface area (Å²) in [6.07, 6.45) is 1.28. The number of hydrogen-bond acceptors (Lipinski definition) is 12. The van der Waals surface area contributed by atoms with Crippen molar-refractivity contribution in [3.8, 4) is 0 Å². The molecular weight excluding hydrogens is 618 g/mol. The van der Waals surface area contributed by atoms with Crippen molar-refractivity contribution in [2.75, 3.05) is 92.4 Å². The van der Waals surface area contributed by atoms with Gasteiger partial charge in [0.2, 0.25) is 0 Å². The lowest BCUT2D eigenvalue weighted by Crippen LogP contribution is -2.43. The molecule has 0 saturated heterocycles. The zero-order valence-corrected chi connectivity index (χ0v) is 29.3. The molecule has 1 atom stereocenters. The maximum Gasteiger partial charge on any atom is 0.408 e. The summed E-state index contributed by atoms with van der Waals surface area (Å²) in [4.78, 5) is 39.7. The molecule has 0 spiro atoms. The van der Waals surface area contributed by atoms with E-state index in [9.17, 15) is 14.4 Å². The highest BCUT2D eigenvalue weighted by Gasteiger charge is 2.24. The number of rotatable bonds is 29. The van der Waals surface area contributed by atoms with Gasteiger partial charge < -0.3 is 48.5 Å². The van der Waals surface area contributed by atoms with Crippen LogP contribution in [0.2, 0.25) is 0 Å². The Labute approximate surface area is 279 Å². The van der Waals surface area contributed by atoms with Crippen LogP contribution in [0.5, 0.6) is 0 Å². The average Bonchev–Trinajstić information content (AvgIpc) is 2.97. The molecule has 47 heavy (non-hydrogen) atoms. The Balaban J connectivity index is 3.93. The Kier molecular flexibility index (Phi) is 26.7. The van der Waals surface area contributed by atoms with Crippen molar-refractivity contribution in [3.05, 3.63) is 10.4 Å². The minimum Gasteiger partial charge on any atom is -0.444 e. The molecule has 274 valence electrons. The van der Waals surface area contributed by atoms with Crippen LogP contribution in [0.4, 0.5) is 9.59 Å². The number of nitrogens with one attached hydrogen (secondary N) is 2. The maximum absolute atomic E-state index is 12.9. The van der Waals surface area contributed by atoms with E-state index in [2.05, 4.69) is 20.7 Å². The second-order valence-corrected chi connectivity index (χ2v) is 12.3. The summed E-state index contributed by atoms with van der Waals surface area (Å²) in [5.41, 5.74) is 6.89. The van der Waals surface area contributed by atoms with Gasteiger partial charge in [0.05, 0.1) is 78.7 Å². The van der Waals surface area contributed by atoms with E-state index in [-0.39, 0.29) is 12.2 Å². The lowest BCUT2D eigenvalue weighted by molar-refractivity contribution is -0.121. The van der Waals surface area contributed by atoms with E-state index in [1.165, 1.54) is 0 Å². The van der Waals surface area contributed by atoms with Crippen LogP contribution < -0.4 is 10.6 Å². The van der Waals surface area contributed by atoms with Crippen molar-refractivity contribution in [2.45, 2.75) is 90.9 Å². The summed E-state index contributed by atoms with van der Waals surface area (Å²) in [6.45, 7) is 16.5. The topological polar surface area (TPSA) is 198 Å². The van der Waals surface area contributed by atoms with Gasteiger partial charge in [-0.05, 0) is 72.8 Å². The molecule has 0 bridgehead atoms. The molecule has 0 saturated carbocycles. The zero-order chi connectivity index (χ0) is 35.2. The summed E-state index contributed by atoms with van der Waals surface area (Å²) < 4.78 is 43.1. The van der Waals surface area contributed by atoms with Crippen molar-refractivity contribution < 1.29 is 52.3 Å². The molecule has 0 unspecified atom stereocenters. The molecule has 0 fully saturated rings. The fourth-order valence-electron chi connectivity index (χ4n) is 3.62. The molecular formula is C31H59N5O11. The van der Waals surface area contributed by atoms with E-state index >= 15 is 0 Å². The number of ether oxygens (including phenoxy) is 8. The molecule has 0 aliphatic rings. The van der Waals surface area contributed by atoms with Gasteiger partial charge in [0.25, 0.3) is 0 Å². The first-order valence-electron chi connectivity index (χ1n) is 16.3. The number of carbonyl (C=O) groups is 3.